The standard InChI is InChI=1S/C24H23ClN2O3/c1-15-14-29-20(18-9-5-6-10-19(18)25)13-27(15)24(28)21-22(16-11-12-16)30-23(26-21)17-7-3-2-4-8-17/h2-10,15-16,20H,11-14H2,1H3. The van der Waals surface area contributed by atoms with Crippen LogP contribution in [-0.2, 0) is 4.74 Å². The number of amides is 1. The van der Waals surface area contributed by atoms with Crippen molar-refractivity contribution in [2.75, 3.05) is 13.2 Å². The molecule has 2 atom stereocenters. The molecule has 1 aliphatic heterocycles. The maximum atomic E-state index is 13.6. The van der Waals surface area contributed by atoms with Gasteiger partial charge in [-0.15, -0.1) is 0 Å². The third-order valence-corrected chi connectivity index (χ3v) is 6.12. The number of ether oxygens (including phenoxy) is 1. The number of rotatable bonds is 4. The summed E-state index contributed by atoms with van der Waals surface area (Å²) in [5.74, 6) is 1.40. The van der Waals surface area contributed by atoms with Gasteiger partial charge in [0.2, 0.25) is 5.89 Å². The zero-order valence-electron chi connectivity index (χ0n) is 16.8. The first-order valence-corrected chi connectivity index (χ1v) is 10.7. The third kappa shape index (κ3) is 3.64. The van der Waals surface area contributed by atoms with Crippen molar-refractivity contribution in [2.24, 2.45) is 0 Å². The van der Waals surface area contributed by atoms with Crippen molar-refractivity contribution in [1.82, 2.24) is 9.88 Å². The number of carbonyl (C=O) groups is 1. The molecular weight excluding hydrogens is 400 g/mol. The Hall–Kier alpha value is -2.63. The zero-order valence-corrected chi connectivity index (χ0v) is 17.5. The van der Waals surface area contributed by atoms with Gasteiger partial charge in [0.1, 0.15) is 11.9 Å². The molecule has 1 aromatic heterocycles. The molecular formula is C24H23ClN2O3. The zero-order chi connectivity index (χ0) is 20.7. The average molecular weight is 423 g/mol. The van der Waals surface area contributed by atoms with E-state index in [1.165, 1.54) is 0 Å². The van der Waals surface area contributed by atoms with Gasteiger partial charge < -0.3 is 14.1 Å². The average Bonchev–Trinajstić information content (AvgIpc) is 3.53. The molecule has 2 aromatic carbocycles. The number of benzene rings is 2. The molecule has 1 amide bonds. The molecule has 0 spiro atoms. The first-order valence-electron chi connectivity index (χ1n) is 10.3. The summed E-state index contributed by atoms with van der Waals surface area (Å²) in [5.41, 5.74) is 2.21. The van der Waals surface area contributed by atoms with Gasteiger partial charge in [0.25, 0.3) is 5.91 Å². The Labute approximate surface area is 180 Å². The Morgan fingerprint density at radius 1 is 1.10 bits per heavy atom. The van der Waals surface area contributed by atoms with E-state index < -0.39 is 0 Å². The topological polar surface area (TPSA) is 55.6 Å². The van der Waals surface area contributed by atoms with Crippen molar-refractivity contribution in [3.8, 4) is 11.5 Å². The van der Waals surface area contributed by atoms with Gasteiger partial charge in [-0.1, -0.05) is 48.0 Å². The molecule has 30 heavy (non-hydrogen) atoms. The van der Waals surface area contributed by atoms with Crippen molar-refractivity contribution in [1.29, 1.82) is 0 Å². The van der Waals surface area contributed by atoms with E-state index in [9.17, 15) is 4.79 Å². The monoisotopic (exact) mass is 422 g/mol. The van der Waals surface area contributed by atoms with Crippen LogP contribution in [0.25, 0.3) is 11.5 Å². The predicted molar refractivity (Wildman–Crippen MR) is 115 cm³/mol. The number of hydrogen-bond acceptors (Lipinski definition) is 4. The summed E-state index contributed by atoms with van der Waals surface area (Å²) in [6.07, 6.45) is 1.80. The van der Waals surface area contributed by atoms with Gasteiger partial charge in [-0.3, -0.25) is 4.79 Å². The first-order chi connectivity index (χ1) is 14.6. The lowest BCUT2D eigenvalue weighted by Gasteiger charge is -2.38. The molecule has 0 radical (unpaired) electrons. The van der Waals surface area contributed by atoms with Gasteiger partial charge in [0.05, 0.1) is 19.2 Å². The van der Waals surface area contributed by atoms with Gasteiger partial charge in [0, 0.05) is 22.1 Å². The second kappa shape index (κ2) is 7.89. The number of aromatic nitrogens is 1. The smallest absolute Gasteiger partial charge is 0.276 e. The minimum atomic E-state index is -0.260. The maximum Gasteiger partial charge on any atom is 0.276 e. The fourth-order valence-corrected chi connectivity index (χ4v) is 4.17. The van der Waals surface area contributed by atoms with Crippen LogP contribution < -0.4 is 0 Å². The highest BCUT2D eigenvalue weighted by atomic mass is 35.5. The number of hydrogen-bond donors (Lipinski definition) is 0. The van der Waals surface area contributed by atoms with Crippen LogP contribution in [0.15, 0.2) is 59.0 Å². The lowest BCUT2D eigenvalue weighted by molar-refractivity contribution is -0.0488. The maximum absolute atomic E-state index is 13.6. The summed E-state index contributed by atoms with van der Waals surface area (Å²) < 4.78 is 12.1. The Bertz CT molecular complexity index is 1060. The van der Waals surface area contributed by atoms with Crippen LogP contribution in [0, 0.1) is 0 Å². The largest absolute Gasteiger partial charge is 0.440 e. The van der Waals surface area contributed by atoms with E-state index in [1.54, 1.807) is 0 Å². The van der Waals surface area contributed by atoms with Gasteiger partial charge >= 0.3 is 0 Å². The molecule has 2 heterocycles. The summed E-state index contributed by atoms with van der Waals surface area (Å²) in [7, 11) is 0. The summed E-state index contributed by atoms with van der Waals surface area (Å²) in [6.45, 7) is 2.88. The second-order valence-corrected chi connectivity index (χ2v) is 8.43. The van der Waals surface area contributed by atoms with Crippen LogP contribution in [0.4, 0.5) is 0 Å². The molecule has 1 aliphatic carbocycles. The number of morpholine rings is 1. The minimum Gasteiger partial charge on any atom is -0.440 e. The summed E-state index contributed by atoms with van der Waals surface area (Å²) in [6, 6.07) is 17.3. The molecule has 154 valence electrons. The third-order valence-electron chi connectivity index (χ3n) is 5.77. The van der Waals surface area contributed by atoms with Crippen LogP contribution >= 0.6 is 11.6 Å². The molecule has 2 unspecified atom stereocenters. The normalized spacial score (nSPS) is 21.6. The van der Waals surface area contributed by atoms with Crippen LogP contribution in [0.3, 0.4) is 0 Å². The minimum absolute atomic E-state index is 0.0554. The molecule has 5 nitrogen and oxygen atoms in total. The van der Waals surface area contributed by atoms with Crippen LogP contribution in [0.5, 0.6) is 0 Å². The molecule has 1 saturated heterocycles. The highest BCUT2D eigenvalue weighted by Crippen LogP contribution is 2.44. The molecule has 6 heteroatoms. The van der Waals surface area contributed by atoms with Crippen molar-refractivity contribution in [3.05, 3.63) is 76.6 Å². The Morgan fingerprint density at radius 2 is 1.83 bits per heavy atom. The van der Waals surface area contributed by atoms with E-state index in [-0.39, 0.29) is 24.0 Å². The molecule has 2 aliphatic rings. The lowest BCUT2D eigenvalue weighted by atomic mass is 10.1. The van der Waals surface area contributed by atoms with Gasteiger partial charge in [-0.25, -0.2) is 4.98 Å². The number of oxazole rings is 1. The van der Waals surface area contributed by atoms with E-state index in [1.807, 2.05) is 66.4 Å². The van der Waals surface area contributed by atoms with Crippen molar-refractivity contribution < 1.29 is 13.9 Å². The van der Waals surface area contributed by atoms with E-state index in [0.29, 0.717) is 35.5 Å². The SMILES string of the molecule is CC1COC(c2ccccc2Cl)CN1C(=O)c1nc(-c2ccccc2)oc1C1CC1. The van der Waals surface area contributed by atoms with E-state index in [2.05, 4.69) is 4.98 Å². The number of carbonyl (C=O) groups excluding carboxylic acids is 1. The summed E-state index contributed by atoms with van der Waals surface area (Å²) in [5, 5.41) is 0.649. The van der Waals surface area contributed by atoms with E-state index in [0.717, 1.165) is 24.0 Å². The fourth-order valence-electron chi connectivity index (χ4n) is 3.91. The van der Waals surface area contributed by atoms with Crippen LogP contribution in [0.1, 0.15) is 53.6 Å². The summed E-state index contributed by atoms with van der Waals surface area (Å²) in [4.78, 5) is 20.1. The molecule has 2 fully saturated rings. The molecule has 0 N–H and O–H groups in total. The van der Waals surface area contributed by atoms with Gasteiger partial charge in [-0.05, 0) is 38.0 Å². The number of halogens is 1. The highest BCUT2D eigenvalue weighted by Gasteiger charge is 2.38. The van der Waals surface area contributed by atoms with Crippen molar-refractivity contribution in [2.45, 2.75) is 37.8 Å². The quantitative estimate of drug-likeness (QED) is 0.559. The fraction of sp³-hybridized carbons (Fsp3) is 0.333. The highest BCUT2D eigenvalue weighted by molar-refractivity contribution is 6.31. The second-order valence-electron chi connectivity index (χ2n) is 8.02. The van der Waals surface area contributed by atoms with Crippen molar-refractivity contribution in [3.63, 3.8) is 0 Å². The Kier molecular flexibility index (Phi) is 5.09. The lowest BCUT2D eigenvalue weighted by Crippen LogP contribution is -2.48. The van der Waals surface area contributed by atoms with Crippen LogP contribution in [-0.4, -0.2) is 35.0 Å². The van der Waals surface area contributed by atoms with Crippen molar-refractivity contribution >= 4 is 17.5 Å². The van der Waals surface area contributed by atoms with E-state index >= 15 is 0 Å². The first kappa shape index (κ1) is 19.3. The molecule has 3 aromatic rings. The Morgan fingerprint density at radius 3 is 2.57 bits per heavy atom. The van der Waals surface area contributed by atoms with E-state index in [4.69, 9.17) is 20.8 Å². The van der Waals surface area contributed by atoms with Gasteiger partial charge in [0.15, 0.2) is 5.69 Å². The Balaban J connectivity index is 1.46. The van der Waals surface area contributed by atoms with Gasteiger partial charge in [-0.2, -0.15) is 0 Å². The molecule has 1 saturated carbocycles. The molecule has 0 bridgehead atoms. The predicted octanol–water partition coefficient (Wildman–Crippen LogP) is 5.47. The molecule has 5 rings (SSSR count). The van der Waals surface area contributed by atoms with Crippen LogP contribution in [0.2, 0.25) is 5.02 Å². The summed E-state index contributed by atoms with van der Waals surface area (Å²) >= 11 is 6.37. The number of nitrogens with zero attached hydrogens (tertiary/aromatic N) is 2.